The fourth-order valence-corrected chi connectivity index (χ4v) is 6.72. The van der Waals surface area contributed by atoms with Crippen LogP contribution in [0.2, 0.25) is 0 Å². The maximum atomic E-state index is 13.7. The number of aliphatic hydroxyl groups is 1. The van der Waals surface area contributed by atoms with Gasteiger partial charge in [-0.15, -0.1) is 0 Å². The number of hydrogen-bond acceptors (Lipinski definition) is 7. The van der Waals surface area contributed by atoms with Gasteiger partial charge in [-0.25, -0.2) is 14.5 Å². The Bertz CT molecular complexity index is 1050. The number of alkyl halides is 1. The molecule has 0 bridgehead atoms. The van der Waals surface area contributed by atoms with Crippen LogP contribution in [-0.2, 0) is 25.4 Å². The topological polar surface area (TPSA) is 106 Å². The average molecular weight is 624 g/mol. The first kappa shape index (κ1) is 30.8. The average Bonchev–Trinajstić information content (AvgIpc) is 3.38. The molecule has 5 atom stereocenters. The van der Waals surface area contributed by atoms with Gasteiger partial charge in [0.1, 0.15) is 35.0 Å². The Labute approximate surface area is 245 Å². The normalized spacial score (nSPS) is 26.9. The zero-order chi connectivity index (χ0) is 29.2. The van der Waals surface area contributed by atoms with Crippen molar-refractivity contribution in [2.75, 3.05) is 6.61 Å². The molecule has 0 spiro atoms. The predicted octanol–water partition coefficient (Wildman–Crippen LogP) is 5.41. The van der Waals surface area contributed by atoms with Crippen molar-refractivity contribution >= 4 is 34.0 Å². The number of hydrogen-bond donors (Lipinski definition) is 1. The van der Waals surface area contributed by atoms with Gasteiger partial charge in [0.2, 0.25) is 5.91 Å². The molecular formula is C30H43BrN2O7. The summed E-state index contributed by atoms with van der Waals surface area (Å²) in [5, 5.41) is 11.6. The number of ether oxygens (including phenoxy) is 3. The third-order valence-corrected chi connectivity index (χ3v) is 8.92. The number of imide groups is 1. The number of carbonyl (C=O) groups is 3. The van der Waals surface area contributed by atoms with E-state index in [0.717, 1.165) is 36.1 Å². The van der Waals surface area contributed by atoms with Crippen LogP contribution in [0.25, 0.3) is 0 Å². The van der Waals surface area contributed by atoms with Crippen LogP contribution in [0, 0.1) is 5.92 Å². The Morgan fingerprint density at radius 2 is 1.80 bits per heavy atom. The van der Waals surface area contributed by atoms with Crippen molar-refractivity contribution in [3.05, 3.63) is 35.9 Å². The third-order valence-electron chi connectivity index (χ3n) is 7.99. The maximum Gasteiger partial charge on any atom is 0.417 e. The Hall–Kier alpha value is -2.17. The second kappa shape index (κ2) is 12.4. The van der Waals surface area contributed by atoms with Gasteiger partial charge in [0, 0.05) is 0 Å². The highest BCUT2D eigenvalue weighted by molar-refractivity contribution is 9.10. The Morgan fingerprint density at radius 3 is 2.42 bits per heavy atom. The molecule has 0 aromatic heterocycles. The van der Waals surface area contributed by atoms with Gasteiger partial charge in [0.05, 0.1) is 12.1 Å². The lowest BCUT2D eigenvalue weighted by Crippen LogP contribution is -2.54. The quantitative estimate of drug-likeness (QED) is 0.405. The van der Waals surface area contributed by atoms with E-state index in [9.17, 15) is 19.5 Å². The highest BCUT2D eigenvalue weighted by Crippen LogP contribution is 2.41. The zero-order valence-corrected chi connectivity index (χ0v) is 25.8. The molecule has 10 heteroatoms. The van der Waals surface area contributed by atoms with Crippen LogP contribution in [0.15, 0.2) is 30.3 Å². The number of benzene rings is 1. The zero-order valence-electron chi connectivity index (χ0n) is 24.2. The molecular weight excluding hydrogens is 580 g/mol. The third kappa shape index (κ3) is 6.99. The summed E-state index contributed by atoms with van der Waals surface area (Å²) in [4.78, 5) is 41.3. The van der Waals surface area contributed by atoms with E-state index >= 15 is 0 Å². The Morgan fingerprint density at radius 1 is 1.15 bits per heavy atom. The number of nitrogens with zero attached hydrogens (tertiary/aromatic N) is 2. The molecule has 9 nitrogen and oxygen atoms in total. The smallest absolute Gasteiger partial charge is 0.417 e. The molecule has 2 saturated heterocycles. The molecule has 40 heavy (non-hydrogen) atoms. The van der Waals surface area contributed by atoms with E-state index in [2.05, 4.69) is 15.9 Å². The van der Waals surface area contributed by atoms with Gasteiger partial charge in [-0.2, -0.15) is 0 Å². The first-order valence-electron chi connectivity index (χ1n) is 14.3. The van der Waals surface area contributed by atoms with Crippen molar-refractivity contribution in [2.24, 2.45) is 5.92 Å². The lowest BCUT2D eigenvalue weighted by atomic mass is 9.82. The van der Waals surface area contributed by atoms with Crippen molar-refractivity contribution in [3.8, 4) is 0 Å². The number of halogens is 1. The van der Waals surface area contributed by atoms with E-state index in [-0.39, 0.29) is 6.61 Å². The minimum Gasteiger partial charge on any atom is -0.447 e. The van der Waals surface area contributed by atoms with Crippen molar-refractivity contribution in [2.45, 2.75) is 120 Å². The summed E-state index contributed by atoms with van der Waals surface area (Å²) in [6.45, 7) is 9.06. The van der Waals surface area contributed by atoms with E-state index in [1.807, 2.05) is 51.1 Å². The highest BCUT2D eigenvalue weighted by atomic mass is 79.9. The first-order chi connectivity index (χ1) is 18.8. The minimum atomic E-state index is -1.33. The summed E-state index contributed by atoms with van der Waals surface area (Å²) in [6, 6.07) is 8.56. The minimum absolute atomic E-state index is 0.0823. The summed E-state index contributed by atoms with van der Waals surface area (Å²) in [7, 11) is 0. The fourth-order valence-electron chi connectivity index (χ4n) is 6.19. The van der Waals surface area contributed by atoms with Crippen LogP contribution >= 0.6 is 15.9 Å². The summed E-state index contributed by atoms with van der Waals surface area (Å²) in [5.41, 5.74) is -0.820. The van der Waals surface area contributed by atoms with Gasteiger partial charge in [0.15, 0.2) is 0 Å². The lowest BCUT2D eigenvalue weighted by Gasteiger charge is -2.37. The van der Waals surface area contributed by atoms with E-state index in [0.29, 0.717) is 18.8 Å². The predicted molar refractivity (Wildman–Crippen MR) is 153 cm³/mol. The lowest BCUT2D eigenvalue weighted by molar-refractivity contribution is -0.135. The molecule has 2 heterocycles. The number of rotatable bonds is 7. The van der Waals surface area contributed by atoms with Crippen molar-refractivity contribution in [1.29, 1.82) is 0 Å². The number of aliphatic hydroxyl groups excluding tert-OH is 1. The van der Waals surface area contributed by atoms with Crippen LogP contribution in [0.3, 0.4) is 0 Å². The summed E-state index contributed by atoms with van der Waals surface area (Å²) < 4.78 is 17.3. The molecule has 1 aromatic rings. The van der Waals surface area contributed by atoms with E-state index < -0.39 is 58.5 Å². The Balaban J connectivity index is 1.56. The van der Waals surface area contributed by atoms with Gasteiger partial charge < -0.3 is 19.3 Å². The van der Waals surface area contributed by atoms with Crippen molar-refractivity contribution < 1.29 is 33.7 Å². The monoisotopic (exact) mass is 622 g/mol. The second-order valence-electron chi connectivity index (χ2n) is 12.7. The Kier molecular flexibility index (Phi) is 9.52. The molecule has 3 amide bonds. The van der Waals surface area contributed by atoms with Crippen LogP contribution in [0.4, 0.5) is 9.59 Å². The largest absolute Gasteiger partial charge is 0.447 e. The molecule has 3 aliphatic rings. The molecule has 1 saturated carbocycles. The van der Waals surface area contributed by atoms with Crippen LogP contribution in [0.1, 0.15) is 78.7 Å². The van der Waals surface area contributed by atoms with Crippen molar-refractivity contribution in [3.63, 3.8) is 0 Å². The van der Waals surface area contributed by atoms with Gasteiger partial charge in [-0.3, -0.25) is 9.69 Å². The number of amides is 3. The van der Waals surface area contributed by atoms with Gasteiger partial charge in [-0.05, 0) is 58.9 Å². The van der Waals surface area contributed by atoms with Gasteiger partial charge in [-0.1, -0.05) is 78.4 Å². The summed E-state index contributed by atoms with van der Waals surface area (Å²) in [5.74, 6) is -0.228. The highest BCUT2D eigenvalue weighted by Gasteiger charge is 2.56. The van der Waals surface area contributed by atoms with Gasteiger partial charge in [0.25, 0.3) is 0 Å². The first-order valence-corrected chi connectivity index (χ1v) is 15.3. The second-order valence-corrected chi connectivity index (χ2v) is 13.7. The van der Waals surface area contributed by atoms with Gasteiger partial charge >= 0.3 is 12.2 Å². The van der Waals surface area contributed by atoms with E-state index in [1.165, 1.54) is 6.42 Å². The van der Waals surface area contributed by atoms with E-state index in [4.69, 9.17) is 14.2 Å². The maximum absolute atomic E-state index is 13.7. The molecule has 4 unspecified atom stereocenters. The summed E-state index contributed by atoms with van der Waals surface area (Å²) in [6.07, 6.45) is 3.14. The van der Waals surface area contributed by atoms with Crippen LogP contribution in [-0.4, -0.2) is 80.1 Å². The summed E-state index contributed by atoms with van der Waals surface area (Å²) >= 11 is 3.40. The number of cyclic esters (lactones) is 1. The molecule has 3 fully saturated rings. The molecule has 0 radical (unpaired) electrons. The molecule has 1 aliphatic carbocycles. The SMILES string of the molecule is CC(C)(C)OC(=O)N1[C@H](CC2CCCCC2)C(C(O)C(Br)C(=O)N2C(=O)OCC2Cc2ccccc2)OC1(C)C. The molecule has 4 rings (SSSR count). The van der Waals surface area contributed by atoms with Crippen molar-refractivity contribution in [1.82, 2.24) is 9.80 Å². The molecule has 2 aliphatic heterocycles. The molecule has 1 N–H and O–H groups in total. The molecule has 222 valence electrons. The standard InChI is InChI=1S/C30H43BrN2O7/c1-29(2,3)40-28(37)33-22(17-20-14-10-7-11-15-20)25(39-30(33,4)5)24(34)23(31)26(35)32-21(18-38-27(32)36)16-19-12-8-6-9-13-19/h6,8-9,12-13,20-25,34H,7,10-11,14-18H2,1-5H3/t21?,22-,23?,24?,25?/m1/s1. The fraction of sp³-hybridized carbons (Fsp3) is 0.700. The van der Waals surface area contributed by atoms with Crippen LogP contribution < -0.4 is 0 Å². The number of carbonyl (C=O) groups excluding carboxylic acids is 3. The van der Waals surface area contributed by atoms with Crippen LogP contribution in [0.5, 0.6) is 0 Å². The van der Waals surface area contributed by atoms with E-state index in [1.54, 1.807) is 18.7 Å². The molecule has 1 aromatic carbocycles.